The summed E-state index contributed by atoms with van der Waals surface area (Å²) in [5.74, 6) is 0.754. The molecule has 2 aromatic carbocycles. The lowest BCUT2D eigenvalue weighted by atomic mass is 10.0. The fourth-order valence-electron chi connectivity index (χ4n) is 5.55. The van der Waals surface area contributed by atoms with Gasteiger partial charge in [0.2, 0.25) is 11.8 Å². The summed E-state index contributed by atoms with van der Waals surface area (Å²) in [6.07, 6.45) is 3.07. The number of hydrogen-bond donors (Lipinski definition) is 1. The molecular weight excluding hydrogens is 581 g/mol. The van der Waals surface area contributed by atoms with E-state index in [1.165, 1.54) is 21.5 Å². The normalized spacial score (nSPS) is 14.4. The van der Waals surface area contributed by atoms with Gasteiger partial charge < -0.3 is 29.4 Å². The van der Waals surface area contributed by atoms with Gasteiger partial charge in [-0.25, -0.2) is 14.1 Å². The van der Waals surface area contributed by atoms with Crippen LogP contribution in [0.15, 0.2) is 77.5 Å². The van der Waals surface area contributed by atoms with Crippen molar-refractivity contribution in [3.63, 3.8) is 0 Å². The van der Waals surface area contributed by atoms with Gasteiger partial charge in [-0.3, -0.25) is 4.79 Å². The molecule has 0 saturated carbocycles. The van der Waals surface area contributed by atoms with E-state index in [0.29, 0.717) is 62.0 Å². The van der Waals surface area contributed by atoms with Gasteiger partial charge in [0.1, 0.15) is 18.2 Å². The van der Waals surface area contributed by atoms with Crippen molar-refractivity contribution in [3.05, 3.63) is 84.5 Å². The summed E-state index contributed by atoms with van der Waals surface area (Å²) in [5, 5.41) is 9.47. The van der Waals surface area contributed by atoms with Crippen LogP contribution in [0, 0.1) is 5.82 Å². The van der Waals surface area contributed by atoms with Crippen molar-refractivity contribution in [1.29, 1.82) is 0 Å². The minimum atomic E-state index is -1.12. The number of benzene rings is 2. The highest BCUT2D eigenvalue weighted by Gasteiger charge is 2.34. The summed E-state index contributed by atoms with van der Waals surface area (Å²) in [4.78, 5) is 27.3. The number of hydrogen-bond acceptors (Lipinski definition) is 10. The molecule has 13 nitrogen and oxygen atoms in total. The molecule has 6 aromatic rings. The molecule has 0 radical (unpaired) electrons. The zero-order valence-electron chi connectivity index (χ0n) is 24.4. The van der Waals surface area contributed by atoms with Crippen LogP contribution in [0.2, 0.25) is 0 Å². The van der Waals surface area contributed by atoms with Crippen LogP contribution in [0.5, 0.6) is 5.75 Å². The van der Waals surface area contributed by atoms with Gasteiger partial charge in [0, 0.05) is 44.5 Å². The molecular formula is C31H30FN9O4. The number of nitrogens with two attached hydrogens (primary N) is 1. The zero-order valence-corrected chi connectivity index (χ0v) is 24.4. The molecule has 0 spiro atoms. The SMILES string of the molecule is COCCOc1ccc(N2CCN(C(=O)[C@H](c3ccccc3F)n3ncc4c3nc(N)n3nc(-c5ccco5)nc43)CC2)cc1. The minimum absolute atomic E-state index is 0.0352. The molecule has 1 saturated heterocycles. The van der Waals surface area contributed by atoms with Crippen LogP contribution in [0.25, 0.3) is 28.3 Å². The Bertz CT molecular complexity index is 1950. The maximum absolute atomic E-state index is 15.3. The number of fused-ring (bicyclic) bond motifs is 3. The van der Waals surface area contributed by atoms with Crippen LogP contribution in [0.1, 0.15) is 11.6 Å². The van der Waals surface area contributed by atoms with Crippen molar-refractivity contribution in [1.82, 2.24) is 34.3 Å². The van der Waals surface area contributed by atoms with Gasteiger partial charge in [-0.2, -0.15) is 14.6 Å². The maximum Gasteiger partial charge on any atom is 0.252 e. The Balaban J connectivity index is 1.18. The van der Waals surface area contributed by atoms with Crippen LogP contribution in [-0.4, -0.2) is 86.7 Å². The summed E-state index contributed by atoms with van der Waals surface area (Å²) < 4.78 is 34.3. The van der Waals surface area contributed by atoms with Crippen molar-refractivity contribution >= 4 is 34.2 Å². The van der Waals surface area contributed by atoms with Crippen LogP contribution in [-0.2, 0) is 9.53 Å². The van der Waals surface area contributed by atoms with E-state index in [4.69, 9.17) is 19.6 Å². The standard InChI is InChI=1S/C31H30FN9O4/c1-43-17-18-44-21-10-8-20(9-11-21)38-12-14-39(15-13-38)30(42)26(22-5-2-3-6-24(22)32)40-29-23(19-34-40)28-35-27(25-7-4-16-45-25)37-41(28)31(33)36-29/h2-11,16,19,26H,12-15,17-18H2,1H3,(H2,33,36)/t26-/m0/s1. The average molecular weight is 612 g/mol. The number of amides is 1. The lowest BCUT2D eigenvalue weighted by Gasteiger charge is -2.37. The maximum atomic E-state index is 15.3. The molecule has 0 bridgehead atoms. The van der Waals surface area contributed by atoms with E-state index in [9.17, 15) is 4.79 Å². The molecule has 1 aliphatic heterocycles. The third-order valence-electron chi connectivity index (χ3n) is 7.82. The molecule has 1 amide bonds. The van der Waals surface area contributed by atoms with Gasteiger partial charge in [-0.05, 0) is 42.5 Å². The first-order valence-corrected chi connectivity index (χ1v) is 14.4. The van der Waals surface area contributed by atoms with Gasteiger partial charge >= 0.3 is 0 Å². The van der Waals surface area contributed by atoms with Crippen molar-refractivity contribution < 1.29 is 23.1 Å². The predicted octanol–water partition coefficient (Wildman–Crippen LogP) is 3.42. The van der Waals surface area contributed by atoms with Crippen LogP contribution in [0.4, 0.5) is 16.0 Å². The lowest BCUT2D eigenvalue weighted by molar-refractivity contribution is -0.134. The molecule has 45 heavy (non-hydrogen) atoms. The first-order chi connectivity index (χ1) is 22.0. The monoisotopic (exact) mass is 611 g/mol. The number of piperazine rings is 1. The van der Waals surface area contributed by atoms with E-state index >= 15 is 4.39 Å². The van der Waals surface area contributed by atoms with Gasteiger partial charge in [0.25, 0.3) is 5.91 Å². The van der Waals surface area contributed by atoms with Crippen molar-refractivity contribution in [2.45, 2.75) is 6.04 Å². The second-order valence-electron chi connectivity index (χ2n) is 10.5. The Kier molecular flexibility index (Phi) is 7.47. The van der Waals surface area contributed by atoms with Gasteiger partial charge in [-0.15, -0.1) is 5.10 Å². The molecule has 14 heteroatoms. The summed E-state index contributed by atoms with van der Waals surface area (Å²) in [7, 11) is 1.63. The number of nitrogens with zero attached hydrogens (tertiary/aromatic N) is 8. The smallest absolute Gasteiger partial charge is 0.252 e. The second kappa shape index (κ2) is 11.9. The molecule has 1 fully saturated rings. The van der Waals surface area contributed by atoms with E-state index in [1.54, 1.807) is 48.5 Å². The summed E-state index contributed by atoms with van der Waals surface area (Å²) in [6, 6.07) is 16.4. The van der Waals surface area contributed by atoms with Crippen LogP contribution >= 0.6 is 0 Å². The number of halogens is 1. The largest absolute Gasteiger partial charge is 0.491 e. The van der Waals surface area contributed by atoms with Gasteiger partial charge in [-0.1, -0.05) is 18.2 Å². The third-order valence-corrected chi connectivity index (χ3v) is 7.82. The Labute approximate surface area is 256 Å². The van der Waals surface area contributed by atoms with Gasteiger partial charge in [0.15, 0.2) is 23.1 Å². The van der Waals surface area contributed by atoms with E-state index < -0.39 is 11.9 Å². The number of carbonyl (C=O) groups excluding carboxylic acids is 1. The zero-order chi connectivity index (χ0) is 30.9. The Hall–Kier alpha value is -5.50. The molecule has 4 aromatic heterocycles. The summed E-state index contributed by atoms with van der Waals surface area (Å²) in [6.45, 7) is 3.06. The molecule has 7 rings (SSSR count). The number of carbonyl (C=O) groups is 1. The van der Waals surface area contributed by atoms with Gasteiger partial charge in [0.05, 0.1) is 24.5 Å². The van der Waals surface area contributed by atoms with E-state index in [-0.39, 0.29) is 23.1 Å². The molecule has 230 valence electrons. The second-order valence-corrected chi connectivity index (χ2v) is 10.5. The van der Waals surface area contributed by atoms with E-state index in [1.807, 2.05) is 24.3 Å². The van der Waals surface area contributed by atoms with E-state index in [2.05, 4.69) is 25.1 Å². The number of ether oxygens (including phenoxy) is 2. The average Bonchev–Trinajstić information content (AvgIpc) is 3.84. The molecule has 5 heterocycles. The highest BCUT2D eigenvalue weighted by atomic mass is 19.1. The number of nitrogen functional groups attached to an aromatic ring is 1. The predicted molar refractivity (Wildman–Crippen MR) is 163 cm³/mol. The highest BCUT2D eigenvalue weighted by Crippen LogP contribution is 2.30. The van der Waals surface area contributed by atoms with Crippen molar-refractivity contribution in [3.8, 4) is 17.3 Å². The first kappa shape index (κ1) is 28.3. The fourth-order valence-corrected chi connectivity index (χ4v) is 5.55. The molecule has 0 aliphatic carbocycles. The first-order valence-electron chi connectivity index (χ1n) is 14.4. The summed E-state index contributed by atoms with van der Waals surface area (Å²) >= 11 is 0. The Morgan fingerprint density at radius 1 is 1.00 bits per heavy atom. The van der Waals surface area contributed by atoms with Crippen molar-refractivity contribution in [2.24, 2.45) is 0 Å². The quantitative estimate of drug-likeness (QED) is 0.242. The van der Waals surface area contributed by atoms with E-state index in [0.717, 1.165) is 11.4 Å². The molecule has 2 N–H and O–H groups in total. The third kappa shape index (κ3) is 5.29. The van der Waals surface area contributed by atoms with Crippen molar-refractivity contribution in [2.75, 3.05) is 57.1 Å². The number of rotatable bonds is 9. The minimum Gasteiger partial charge on any atom is -0.491 e. The molecule has 0 unspecified atom stereocenters. The van der Waals surface area contributed by atoms with Crippen LogP contribution in [0.3, 0.4) is 0 Å². The Morgan fingerprint density at radius 2 is 1.80 bits per heavy atom. The van der Waals surface area contributed by atoms with Crippen LogP contribution < -0.4 is 15.4 Å². The fraction of sp³-hybridized carbons (Fsp3) is 0.258. The summed E-state index contributed by atoms with van der Waals surface area (Å²) in [5.41, 5.74) is 8.18. The highest BCUT2D eigenvalue weighted by molar-refractivity contribution is 5.92. The number of aromatic nitrogens is 6. The number of methoxy groups -OCH3 is 1. The Morgan fingerprint density at radius 3 is 2.53 bits per heavy atom. The molecule has 1 aliphatic rings. The lowest BCUT2D eigenvalue weighted by Crippen LogP contribution is -2.51. The number of furan rings is 1. The topological polar surface area (TPSA) is 142 Å². The molecule has 1 atom stereocenters. The number of anilines is 2.